The summed E-state index contributed by atoms with van der Waals surface area (Å²) in [6, 6.07) is 0. The molecule has 1 heterocycles. The summed E-state index contributed by atoms with van der Waals surface area (Å²) in [4.78, 5) is 13.3. The number of carbonyl (C=O) groups is 1. The summed E-state index contributed by atoms with van der Waals surface area (Å²) in [5.41, 5.74) is 0. The number of hydrogen-bond donors (Lipinski definition) is 0. The molecule has 1 aliphatic heterocycles. The molecule has 1 saturated heterocycles. The minimum Gasteiger partial charge on any atom is -0.469 e. The van der Waals surface area contributed by atoms with Crippen molar-refractivity contribution in [1.82, 2.24) is 4.90 Å². The zero-order chi connectivity index (χ0) is 12.6. The van der Waals surface area contributed by atoms with E-state index in [1.807, 2.05) is 6.08 Å². The number of likely N-dealkylation sites (tertiary alicyclic amines) is 1. The molecule has 0 saturated carbocycles. The molecule has 0 aliphatic carbocycles. The molecule has 16 heavy (non-hydrogen) atoms. The molecular weight excluding hydrogens is 202 g/mol. The first kappa shape index (κ1) is 15.2. The van der Waals surface area contributed by atoms with E-state index in [1.54, 1.807) is 0 Å². The van der Waals surface area contributed by atoms with Crippen LogP contribution in [0.1, 0.15) is 27.2 Å². The first-order chi connectivity index (χ1) is 7.51. The van der Waals surface area contributed by atoms with E-state index in [1.165, 1.54) is 7.11 Å². The second-order valence-corrected chi connectivity index (χ2v) is 4.79. The van der Waals surface area contributed by atoms with Crippen molar-refractivity contribution in [3.05, 3.63) is 12.7 Å². The van der Waals surface area contributed by atoms with E-state index < -0.39 is 0 Å². The number of ether oxygens (including phenoxy) is 1. The fourth-order valence-electron chi connectivity index (χ4n) is 1.54. The average Bonchev–Trinajstić information content (AvgIpc) is 2.65. The fourth-order valence-corrected chi connectivity index (χ4v) is 1.54. The van der Waals surface area contributed by atoms with Crippen LogP contribution in [0.4, 0.5) is 0 Å². The van der Waals surface area contributed by atoms with Gasteiger partial charge >= 0.3 is 5.97 Å². The minimum atomic E-state index is -0.0819. The van der Waals surface area contributed by atoms with Crippen LogP contribution in [0.15, 0.2) is 12.7 Å². The maximum absolute atomic E-state index is 11.1. The molecule has 1 rings (SSSR count). The number of methoxy groups -OCH3 is 1. The molecule has 0 spiro atoms. The molecule has 0 aromatic carbocycles. The van der Waals surface area contributed by atoms with Gasteiger partial charge in [0.2, 0.25) is 0 Å². The van der Waals surface area contributed by atoms with Gasteiger partial charge in [0.05, 0.1) is 13.0 Å². The molecule has 0 amide bonds. The summed E-state index contributed by atoms with van der Waals surface area (Å²) in [5.74, 6) is 0.830. The van der Waals surface area contributed by atoms with E-state index in [2.05, 4.69) is 37.0 Å². The Hall–Kier alpha value is -0.830. The van der Waals surface area contributed by atoms with Crippen molar-refractivity contribution >= 4 is 5.97 Å². The lowest BCUT2D eigenvalue weighted by atomic mass is 10.1. The highest BCUT2D eigenvalue weighted by atomic mass is 16.5. The lowest BCUT2D eigenvalue weighted by Crippen LogP contribution is -2.23. The predicted octanol–water partition coefficient (Wildman–Crippen LogP) is 2.33. The number of rotatable bonds is 3. The minimum absolute atomic E-state index is 0.0787. The third-order valence-corrected chi connectivity index (χ3v) is 2.19. The van der Waals surface area contributed by atoms with Crippen molar-refractivity contribution in [2.24, 2.45) is 11.8 Å². The van der Waals surface area contributed by atoms with Gasteiger partial charge in [0.25, 0.3) is 0 Å². The Kier molecular flexibility index (Phi) is 7.90. The standard InChI is InChI=1S/C9H15NO2.C4H10/c1-3-5-10-6-4-8(7-10)9(11)12-2;1-4(2)3/h3,8H,1,4-7H2,2H3;4H,1-3H3/t8-;/m0./s1. The Labute approximate surface area is 99.5 Å². The van der Waals surface area contributed by atoms with Crippen LogP contribution in [-0.4, -0.2) is 37.6 Å². The van der Waals surface area contributed by atoms with Gasteiger partial charge in [0.1, 0.15) is 0 Å². The first-order valence-corrected chi connectivity index (χ1v) is 5.92. The lowest BCUT2D eigenvalue weighted by molar-refractivity contribution is -0.144. The number of nitrogens with zero attached hydrogens (tertiary/aromatic N) is 1. The van der Waals surface area contributed by atoms with Gasteiger partial charge in [0.15, 0.2) is 0 Å². The Morgan fingerprint density at radius 2 is 2.12 bits per heavy atom. The smallest absolute Gasteiger partial charge is 0.310 e. The van der Waals surface area contributed by atoms with Crippen molar-refractivity contribution < 1.29 is 9.53 Å². The Morgan fingerprint density at radius 3 is 2.56 bits per heavy atom. The number of carbonyl (C=O) groups excluding carboxylic acids is 1. The number of esters is 1. The highest BCUT2D eigenvalue weighted by Gasteiger charge is 2.27. The lowest BCUT2D eigenvalue weighted by Gasteiger charge is -2.11. The van der Waals surface area contributed by atoms with Gasteiger partial charge in [-0.05, 0) is 18.9 Å². The third-order valence-electron chi connectivity index (χ3n) is 2.19. The molecule has 3 heteroatoms. The van der Waals surface area contributed by atoms with Crippen molar-refractivity contribution in [2.45, 2.75) is 27.2 Å². The van der Waals surface area contributed by atoms with Crippen LogP contribution in [0, 0.1) is 11.8 Å². The Morgan fingerprint density at radius 1 is 1.56 bits per heavy atom. The normalized spacial score (nSPS) is 20.2. The molecule has 3 nitrogen and oxygen atoms in total. The molecule has 1 atom stereocenters. The third kappa shape index (κ3) is 6.62. The summed E-state index contributed by atoms with van der Waals surface area (Å²) in [5, 5.41) is 0. The fraction of sp³-hybridized carbons (Fsp3) is 0.769. The molecule has 0 aromatic heterocycles. The quantitative estimate of drug-likeness (QED) is 0.547. The van der Waals surface area contributed by atoms with Crippen LogP contribution in [0.5, 0.6) is 0 Å². The van der Waals surface area contributed by atoms with E-state index in [-0.39, 0.29) is 11.9 Å². The molecule has 1 aliphatic rings. The topological polar surface area (TPSA) is 29.5 Å². The molecule has 0 unspecified atom stereocenters. The summed E-state index contributed by atoms with van der Waals surface area (Å²) >= 11 is 0. The second kappa shape index (κ2) is 8.34. The largest absolute Gasteiger partial charge is 0.469 e. The van der Waals surface area contributed by atoms with E-state index in [4.69, 9.17) is 0 Å². The van der Waals surface area contributed by atoms with Crippen LogP contribution in [-0.2, 0) is 9.53 Å². The average molecular weight is 227 g/mol. The summed E-state index contributed by atoms with van der Waals surface area (Å²) in [7, 11) is 1.44. The molecule has 0 N–H and O–H groups in total. The summed E-state index contributed by atoms with van der Waals surface area (Å²) < 4.78 is 4.67. The predicted molar refractivity (Wildman–Crippen MR) is 67.3 cm³/mol. The highest BCUT2D eigenvalue weighted by Crippen LogP contribution is 2.16. The van der Waals surface area contributed by atoms with Gasteiger partial charge in [-0.1, -0.05) is 26.8 Å². The molecule has 0 bridgehead atoms. The summed E-state index contributed by atoms with van der Waals surface area (Å²) in [6.07, 6.45) is 2.78. The maximum atomic E-state index is 11.1. The maximum Gasteiger partial charge on any atom is 0.310 e. The van der Waals surface area contributed by atoms with Crippen LogP contribution in [0.2, 0.25) is 0 Å². The van der Waals surface area contributed by atoms with E-state index in [0.29, 0.717) is 0 Å². The van der Waals surface area contributed by atoms with Crippen LogP contribution < -0.4 is 0 Å². The van der Waals surface area contributed by atoms with Gasteiger partial charge in [0, 0.05) is 13.1 Å². The highest BCUT2D eigenvalue weighted by molar-refractivity contribution is 5.72. The zero-order valence-electron chi connectivity index (χ0n) is 11.0. The zero-order valence-corrected chi connectivity index (χ0v) is 11.0. The number of hydrogen-bond acceptors (Lipinski definition) is 3. The Balaban J connectivity index is 0.000000487. The monoisotopic (exact) mass is 227 g/mol. The molecular formula is C13H25NO2. The second-order valence-electron chi connectivity index (χ2n) is 4.79. The van der Waals surface area contributed by atoms with Gasteiger partial charge in [-0.15, -0.1) is 6.58 Å². The van der Waals surface area contributed by atoms with E-state index >= 15 is 0 Å². The Bertz CT molecular complexity index is 211. The van der Waals surface area contributed by atoms with E-state index in [0.717, 1.165) is 32.0 Å². The summed E-state index contributed by atoms with van der Waals surface area (Å²) in [6.45, 7) is 12.8. The van der Waals surface area contributed by atoms with Crippen LogP contribution in [0.25, 0.3) is 0 Å². The van der Waals surface area contributed by atoms with Crippen molar-refractivity contribution in [3.8, 4) is 0 Å². The van der Waals surface area contributed by atoms with Gasteiger partial charge in [-0.3, -0.25) is 9.69 Å². The molecule has 0 radical (unpaired) electrons. The van der Waals surface area contributed by atoms with Gasteiger partial charge in [-0.2, -0.15) is 0 Å². The van der Waals surface area contributed by atoms with Gasteiger partial charge < -0.3 is 4.74 Å². The van der Waals surface area contributed by atoms with Crippen molar-refractivity contribution in [3.63, 3.8) is 0 Å². The van der Waals surface area contributed by atoms with E-state index in [9.17, 15) is 4.79 Å². The molecule has 1 fully saturated rings. The van der Waals surface area contributed by atoms with Gasteiger partial charge in [-0.25, -0.2) is 0 Å². The first-order valence-electron chi connectivity index (χ1n) is 5.92. The van der Waals surface area contributed by atoms with Crippen LogP contribution in [0.3, 0.4) is 0 Å². The molecule has 94 valence electrons. The van der Waals surface area contributed by atoms with Crippen molar-refractivity contribution in [1.29, 1.82) is 0 Å². The molecule has 0 aromatic rings. The SMILES string of the molecule is C=CCN1CC[C@H](C(=O)OC)C1.CC(C)C. The van der Waals surface area contributed by atoms with Crippen LogP contribution >= 0.6 is 0 Å². The van der Waals surface area contributed by atoms with Crippen molar-refractivity contribution in [2.75, 3.05) is 26.7 Å².